The number of carbonyl (C=O) groups excluding carboxylic acids is 1. The second-order valence-electron chi connectivity index (χ2n) is 8.14. The number of rotatable bonds is 9. The lowest BCUT2D eigenvalue weighted by Gasteiger charge is -2.33. The van der Waals surface area contributed by atoms with Gasteiger partial charge in [-0.3, -0.25) is 4.79 Å². The van der Waals surface area contributed by atoms with Gasteiger partial charge < -0.3 is 19.7 Å². The van der Waals surface area contributed by atoms with Gasteiger partial charge in [0.2, 0.25) is 11.9 Å². The molecule has 168 valence electrons. The molecule has 31 heavy (non-hydrogen) atoms. The molecule has 0 spiro atoms. The van der Waals surface area contributed by atoms with Crippen molar-refractivity contribution in [1.82, 2.24) is 15.3 Å². The Hall–Kier alpha value is -2.83. The molecule has 0 bridgehead atoms. The molecule has 1 amide bonds. The molecule has 7 nitrogen and oxygen atoms in total. The van der Waals surface area contributed by atoms with Crippen molar-refractivity contribution in [2.45, 2.75) is 46.6 Å². The maximum Gasteiger partial charge on any atom is 0.225 e. The predicted octanol–water partition coefficient (Wildman–Crippen LogP) is 4.00. The Kier molecular flexibility index (Phi) is 8.09. The van der Waals surface area contributed by atoms with Gasteiger partial charge in [-0.1, -0.05) is 19.9 Å². The average Bonchev–Trinajstić information content (AvgIpc) is 2.79. The predicted molar refractivity (Wildman–Crippen MR) is 121 cm³/mol. The summed E-state index contributed by atoms with van der Waals surface area (Å²) in [5.41, 5.74) is 1.02. The van der Waals surface area contributed by atoms with Crippen LogP contribution >= 0.6 is 0 Å². The third-order valence-electron chi connectivity index (χ3n) is 5.52. The molecule has 0 saturated carbocycles. The van der Waals surface area contributed by atoms with Crippen molar-refractivity contribution in [2.24, 2.45) is 11.8 Å². The highest BCUT2D eigenvalue weighted by atomic mass is 16.5. The zero-order valence-electron chi connectivity index (χ0n) is 19.0. The SMILES string of the molecule is CCOc1ccc([C@@H](NC(=O)[C@H]2CCCN(c3ncccn3)C2)C(C)C)cc1OCC. The van der Waals surface area contributed by atoms with Gasteiger partial charge in [0.05, 0.1) is 25.2 Å². The minimum Gasteiger partial charge on any atom is -0.490 e. The van der Waals surface area contributed by atoms with Gasteiger partial charge in [-0.25, -0.2) is 9.97 Å². The van der Waals surface area contributed by atoms with Gasteiger partial charge in [-0.05, 0) is 56.4 Å². The molecule has 1 aromatic heterocycles. The van der Waals surface area contributed by atoms with Crippen LogP contribution in [0.5, 0.6) is 11.5 Å². The molecule has 1 fully saturated rings. The smallest absolute Gasteiger partial charge is 0.225 e. The van der Waals surface area contributed by atoms with Crippen LogP contribution in [-0.2, 0) is 4.79 Å². The largest absolute Gasteiger partial charge is 0.490 e. The number of amides is 1. The van der Waals surface area contributed by atoms with Crippen LogP contribution in [0.1, 0.15) is 52.1 Å². The van der Waals surface area contributed by atoms with Crippen molar-refractivity contribution in [3.8, 4) is 11.5 Å². The monoisotopic (exact) mass is 426 g/mol. The van der Waals surface area contributed by atoms with Gasteiger partial charge in [-0.2, -0.15) is 0 Å². The Morgan fingerprint density at radius 3 is 2.55 bits per heavy atom. The molecule has 0 radical (unpaired) electrons. The first-order valence-corrected chi connectivity index (χ1v) is 11.2. The number of aromatic nitrogens is 2. The van der Waals surface area contributed by atoms with Crippen LogP contribution in [0, 0.1) is 11.8 Å². The fourth-order valence-corrected chi connectivity index (χ4v) is 3.99. The van der Waals surface area contributed by atoms with E-state index >= 15 is 0 Å². The lowest BCUT2D eigenvalue weighted by Crippen LogP contribution is -2.45. The molecular weight excluding hydrogens is 392 g/mol. The Bertz CT molecular complexity index is 844. The summed E-state index contributed by atoms with van der Waals surface area (Å²) in [4.78, 5) is 24.0. The topological polar surface area (TPSA) is 76.6 Å². The Morgan fingerprint density at radius 1 is 1.16 bits per heavy atom. The zero-order valence-corrected chi connectivity index (χ0v) is 19.0. The second-order valence-corrected chi connectivity index (χ2v) is 8.14. The maximum atomic E-state index is 13.2. The minimum atomic E-state index is -0.106. The lowest BCUT2D eigenvalue weighted by molar-refractivity contribution is -0.126. The average molecular weight is 427 g/mol. The summed E-state index contributed by atoms with van der Waals surface area (Å²) in [7, 11) is 0. The summed E-state index contributed by atoms with van der Waals surface area (Å²) >= 11 is 0. The quantitative estimate of drug-likeness (QED) is 0.653. The zero-order chi connectivity index (χ0) is 22.2. The standard InChI is InChI=1S/C24H34N4O3/c1-5-30-20-11-10-18(15-21(20)31-6-2)22(17(3)4)27-23(29)19-9-7-14-28(16-19)24-25-12-8-13-26-24/h8,10-13,15,17,19,22H,5-7,9,14,16H2,1-4H3,(H,27,29)/t19-,22-/m0/s1. The van der Waals surface area contributed by atoms with Crippen molar-refractivity contribution < 1.29 is 14.3 Å². The van der Waals surface area contributed by atoms with Crippen LogP contribution in [0.25, 0.3) is 0 Å². The van der Waals surface area contributed by atoms with Gasteiger partial charge in [0, 0.05) is 25.5 Å². The van der Waals surface area contributed by atoms with E-state index in [2.05, 4.69) is 34.0 Å². The van der Waals surface area contributed by atoms with Gasteiger partial charge in [0.15, 0.2) is 11.5 Å². The number of hydrogen-bond acceptors (Lipinski definition) is 6. The fourth-order valence-electron chi connectivity index (χ4n) is 3.99. The highest BCUT2D eigenvalue weighted by Crippen LogP contribution is 2.33. The normalized spacial score (nSPS) is 17.3. The summed E-state index contributed by atoms with van der Waals surface area (Å²) < 4.78 is 11.5. The van der Waals surface area contributed by atoms with Gasteiger partial charge >= 0.3 is 0 Å². The Morgan fingerprint density at radius 2 is 1.87 bits per heavy atom. The number of benzene rings is 1. The number of ether oxygens (including phenoxy) is 2. The van der Waals surface area contributed by atoms with Crippen molar-refractivity contribution in [2.75, 3.05) is 31.2 Å². The van der Waals surface area contributed by atoms with E-state index in [4.69, 9.17) is 9.47 Å². The van der Waals surface area contributed by atoms with Crippen LogP contribution in [0.2, 0.25) is 0 Å². The molecule has 1 saturated heterocycles. The highest BCUT2D eigenvalue weighted by Gasteiger charge is 2.29. The number of anilines is 1. The number of hydrogen-bond donors (Lipinski definition) is 1. The molecule has 1 aliphatic heterocycles. The number of nitrogens with one attached hydrogen (secondary N) is 1. The molecule has 1 aliphatic rings. The fraction of sp³-hybridized carbons (Fsp3) is 0.542. The van der Waals surface area contributed by atoms with Crippen molar-refractivity contribution in [3.63, 3.8) is 0 Å². The molecule has 1 N–H and O–H groups in total. The summed E-state index contributed by atoms with van der Waals surface area (Å²) in [6.45, 7) is 10.8. The molecule has 2 heterocycles. The van der Waals surface area contributed by atoms with E-state index in [0.29, 0.717) is 31.5 Å². The van der Waals surface area contributed by atoms with Gasteiger partial charge in [0.1, 0.15) is 0 Å². The first kappa shape index (κ1) is 22.8. The van der Waals surface area contributed by atoms with Crippen LogP contribution < -0.4 is 19.7 Å². The van der Waals surface area contributed by atoms with Crippen LogP contribution in [0.15, 0.2) is 36.7 Å². The second kappa shape index (κ2) is 11.0. The Labute approximate surface area is 185 Å². The molecule has 0 unspecified atom stereocenters. The summed E-state index contributed by atoms with van der Waals surface area (Å²) in [5, 5.41) is 3.29. The summed E-state index contributed by atoms with van der Waals surface area (Å²) in [6.07, 6.45) is 5.29. The maximum absolute atomic E-state index is 13.2. The molecule has 0 aliphatic carbocycles. The Balaban J connectivity index is 1.73. The van der Waals surface area contributed by atoms with Gasteiger partial charge in [0.25, 0.3) is 0 Å². The van der Waals surface area contributed by atoms with E-state index in [9.17, 15) is 4.79 Å². The molecular formula is C24H34N4O3. The molecule has 1 aromatic carbocycles. The molecule has 3 rings (SSSR count). The molecule has 2 aromatic rings. The summed E-state index contributed by atoms with van der Waals surface area (Å²) in [5.74, 6) is 2.35. The third kappa shape index (κ3) is 5.87. The minimum absolute atomic E-state index is 0.0752. The van der Waals surface area contributed by atoms with Crippen LogP contribution in [0.4, 0.5) is 5.95 Å². The van der Waals surface area contributed by atoms with E-state index in [-0.39, 0.29) is 23.8 Å². The highest BCUT2D eigenvalue weighted by molar-refractivity contribution is 5.80. The van der Waals surface area contributed by atoms with E-state index in [0.717, 1.165) is 30.7 Å². The lowest BCUT2D eigenvalue weighted by atomic mass is 9.92. The number of carbonyl (C=O) groups is 1. The van der Waals surface area contributed by atoms with Crippen molar-refractivity contribution in [3.05, 3.63) is 42.2 Å². The number of nitrogens with zero attached hydrogens (tertiary/aromatic N) is 3. The van der Waals surface area contributed by atoms with Gasteiger partial charge in [-0.15, -0.1) is 0 Å². The first-order chi connectivity index (χ1) is 15.0. The van der Waals surface area contributed by atoms with Crippen LogP contribution in [0.3, 0.4) is 0 Å². The first-order valence-electron chi connectivity index (χ1n) is 11.2. The molecule has 7 heteroatoms. The number of piperidine rings is 1. The van der Waals surface area contributed by atoms with E-state index in [1.54, 1.807) is 18.5 Å². The van der Waals surface area contributed by atoms with E-state index in [1.165, 1.54) is 0 Å². The van der Waals surface area contributed by atoms with Crippen molar-refractivity contribution in [1.29, 1.82) is 0 Å². The molecule has 2 atom stereocenters. The van der Waals surface area contributed by atoms with E-state index < -0.39 is 0 Å². The van der Waals surface area contributed by atoms with Crippen LogP contribution in [-0.4, -0.2) is 42.2 Å². The van der Waals surface area contributed by atoms with Crippen molar-refractivity contribution >= 4 is 11.9 Å². The van der Waals surface area contributed by atoms with E-state index in [1.807, 2.05) is 32.0 Å². The summed E-state index contributed by atoms with van der Waals surface area (Å²) in [6, 6.07) is 7.64. The third-order valence-corrected chi connectivity index (χ3v) is 5.52.